The standard InChI is InChI=1S/C22H19N3OS/c26-21(16-11-17-7-3-1-4-8-17)25-22(27)24-20-14-12-19(13-15-20)23-18-9-5-2-6-10-18/h1-16,23H,(H2,24,25,26,27)/b16-11+. The highest BCUT2D eigenvalue weighted by Gasteiger charge is 2.02. The Morgan fingerprint density at radius 3 is 1.96 bits per heavy atom. The maximum Gasteiger partial charge on any atom is 0.250 e. The Morgan fingerprint density at radius 2 is 1.30 bits per heavy atom. The molecule has 4 nitrogen and oxygen atoms in total. The fourth-order valence-corrected chi connectivity index (χ4v) is 2.60. The molecular weight excluding hydrogens is 354 g/mol. The van der Waals surface area contributed by atoms with Crippen LogP contribution < -0.4 is 16.0 Å². The molecule has 3 aromatic carbocycles. The summed E-state index contributed by atoms with van der Waals surface area (Å²) in [5, 5.41) is 9.19. The molecule has 0 fully saturated rings. The molecule has 0 heterocycles. The minimum Gasteiger partial charge on any atom is -0.356 e. The molecule has 27 heavy (non-hydrogen) atoms. The Morgan fingerprint density at radius 1 is 0.741 bits per heavy atom. The van der Waals surface area contributed by atoms with Crippen LogP contribution in [0.3, 0.4) is 0 Å². The summed E-state index contributed by atoms with van der Waals surface area (Å²) < 4.78 is 0. The first kappa shape index (κ1) is 18.4. The van der Waals surface area contributed by atoms with Gasteiger partial charge < -0.3 is 10.6 Å². The maximum absolute atomic E-state index is 11.9. The van der Waals surface area contributed by atoms with Gasteiger partial charge in [0.1, 0.15) is 0 Å². The van der Waals surface area contributed by atoms with Crippen LogP contribution in [0, 0.1) is 0 Å². The molecule has 0 aromatic heterocycles. The van der Waals surface area contributed by atoms with Gasteiger partial charge in [0.25, 0.3) is 0 Å². The first-order valence-electron chi connectivity index (χ1n) is 8.46. The van der Waals surface area contributed by atoms with Gasteiger partial charge in [-0.3, -0.25) is 10.1 Å². The van der Waals surface area contributed by atoms with Crippen LogP contribution in [0.1, 0.15) is 5.56 Å². The van der Waals surface area contributed by atoms with Crippen molar-refractivity contribution < 1.29 is 4.79 Å². The van der Waals surface area contributed by atoms with E-state index in [-0.39, 0.29) is 11.0 Å². The highest BCUT2D eigenvalue weighted by Crippen LogP contribution is 2.18. The van der Waals surface area contributed by atoms with Gasteiger partial charge in [-0.15, -0.1) is 0 Å². The van der Waals surface area contributed by atoms with Crippen molar-refractivity contribution in [3.63, 3.8) is 0 Å². The number of amides is 1. The third kappa shape index (κ3) is 6.09. The number of hydrogen-bond acceptors (Lipinski definition) is 3. The lowest BCUT2D eigenvalue weighted by molar-refractivity contribution is -0.115. The van der Waals surface area contributed by atoms with Crippen LogP contribution in [-0.4, -0.2) is 11.0 Å². The highest BCUT2D eigenvalue weighted by molar-refractivity contribution is 7.80. The number of carbonyl (C=O) groups excluding carboxylic acids is 1. The third-order valence-corrected chi connectivity index (χ3v) is 3.87. The van der Waals surface area contributed by atoms with E-state index in [4.69, 9.17) is 12.2 Å². The van der Waals surface area contributed by atoms with Crippen molar-refractivity contribution >= 4 is 46.4 Å². The van der Waals surface area contributed by atoms with Crippen molar-refractivity contribution in [1.82, 2.24) is 5.32 Å². The van der Waals surface area contributed by atoms with Gasteiger partial charge in [-0.25, -0.2) is 0 Å². The van der Waals surface area contributed by atoms with Crippen molar-refractivity contribution in [2.45, 2.75) is 0 Å². The molecule has 134 valence electrons. The average molecular weight is 373 g/mol. The van der Waals surface area contributed by atoms with Gasteiger partial charge in [-0.05, 0) is 60.3 Å². The molecule has 1 amide bonds. The lowest BCUT2D eigenvalue weighted by Gasteiger charge is -2.10. The van der Waals surface area contributed by atoms with Crippen LogP contribution >= 0.6 is 12.2 Å². The second-order valence-corrected chi connectivity index (χ2v) is 6.16. The fourth-order valence-electron chi connectivity index (χ4n) is 2.38. The number of rotatable bonds is 5. The monoisotopic (exact) mass is 373 g/mol. The van der Waals surface area contributed by atoms with E-state index in [0.717, 1.165) is 22.6 Å². The van der Waals surface area contributed by atoms with E-state index in [1.807, 2.05) is 84.9 Å². The Balaban J connectivity index is 1.50. The summed E-state index contributed by atoms with van der Waals surface area (Å²) in [6.07, 6.45) is 3.19. The molecule has 0 aliphatic carbocycles. The van der Waals surface area contributed by atoms with Crippen molar-refractivity contribution in [2.24, 2.45) is 0 Å². The number of thiocarbonyl (C=S) groups is 1. The largest absolute Gasteiger partial charge is 0.356 e. The summed E-state index contributed by atoms with van der Waals surface area (Å²) in [5.74, 6) is -0.279. The molecule has 0 saturated carbocycles. The minimum atomic E-state index is -0.279. The average Bonchev–Trinajstić information content (AvgIpc) is 2.69. The molecule has 0 radical (unpaired) electrons. The highest BCUT2D eigenvalue weighted by atomic mass is 32.1. The fraction of sp³-hybridized carbons (Fsp3) is 0. The number of benzene rings is 3. The van der Waals surface area contributed by atoms with Crippen molar-refractivity contribution in [2.75, 3.05) is 10.6 Å². The lowest BCUT2D eigenvalue weighted by Crippen LogP contribution is -2.32. The Bertz CT molecular complexity index is 923. The second kappa shape index (κ2) is 9.31. The second-order valence-electron chi connectivity index (χ2n) is 5.76. The molecule has 0 saturated heterocycles. The first-order valence-corrected chi connectivity index (χ1v) is 8.87. The minimum absolute atomic E-state index is 0.251. The van der Waals surface area contributed by atoms with Gasteiger partial charge in [0, 0.05) is 23.1 Å². The van der Waals surface area contributed by atoms with Gasteiger partial charge in [0.15, 0.2) is 5.11 Å². The van der Waals surface area contributed by atoms with E-state index in [0.29, 0.717) is 0 Å². The summed E-state index contributed by atoms with van der Waals surface area (Å²) >= 11 is 5.19. The van der Waals surface area contributed by atoms with Crippen LogP contribution in [0.5, 0.6) is 0 Å². The Labute approximate surface area is 163 Å². The molecular formula is C22H19N3OS. The van der Waals surface area contributed by atoms with E-state index in [9.17, 15) is 4.79 Å². The van der Waals surface area contributed by atoms with Gasteiger partial charge in [0.2, 0.25) is 5.91 Å². The van der Waals surface area contributed by atoms with Crippen LogP contribution in [0.25, 0.3) is 6.08 Å². The van der Waals surface area contributed by atoms with Gasteiger partial charge in [-0.2, -0.15) is 0 Å². The summed E-state index contributed by atoms with van der Waals surface area (Å²) in [5.41, 5.74) is 3.73. The smallest absolute Gasteiger partial charge is 0.250 e. The number of hydrogen-bond donors (Lipinski definition) is 3. The zero-order valence-electron chi connectivity index (χ0n) is 14.6. The molecule has 0 aliphatic rings. The Hall–Kier alpha value is -3.44. The van der Waals surface area contributed by atoms with E-state index in [1.54, 1.807) is 6.08 Å². The molecule has 3 N–H and O–H groups in total. The van der Waals surface area contributed by atoms with Crippen LogP contribution in [0.4, 0.5) is 17.1 Å². The van der Waals surface area contributed by atoms with E-state index >= 15 is 0 Å². The van der Waals surface area contributed by atoms with Crippen LogP contribution in [0.2, 0.25) is 0 Å². The zero-order valence-corrected chi connectivity index (χ0v) is 15.4. The van der Waals surface area contributed by atoms with Gasteiger partial charge >= 0.3 is 0 Å². The van der Waals surface area contributed by atoms with Crippen LogP contribution in [-0.2, 0) is 4.79 Å². The summed E-state index contributed by atoms with van der Waals surface area (Å²) in [7, 11) is 0. The molecule has 0 bridgehead atoms. The molecule has 0 unspecified atom stereocenters. The van der Waals surface area contributed by atoms with Gasteiger partial charge in [-0.1, -0.05) is 48.5 Å². The molecule has 0 spiro atoms. The van der Waals surface area contributed by atoms with Crippen molar-refractivity contribution in [3.05, 3.63) is 96.6 Å². The normalized spacial score (nSPS) is 10.4. The van der Waals surface area contributed by atoms with E-state index < -0.39 is 0 Å². The van der Waals surface area contributed by atoms with Crippen molar-refractivity contribution in [3.8, 4) is 0 Å². The number of anilines is 3. The molecule has 0 aliphatic heterocycles. The first-order chi connectivity index (χ1) is 13.2. The van der Waals surface area contributed by atoms with E-state index in [1.165, 1.54) is 6.08 Å². The van der Waals surface area contributed by atoms with Crippen LogP contribution in [0.15, 0.2) is 91.0 Å². The molecule has 3 aromatic rings. The number of carbonyl (C=O) groups is 1. The predicted octanol–water partition coefficient (Wildman–Crippen LogP) is 4.96. The van der Waals surface area contributed by atoms with E-state index in [2.05, 4.69) is 16.0 Å². The lowest BCUT2D eigenvalue weighted by atomic mass is 10.2. The molecule has 3 rings (SSSR count). The molecule has 5 heteroatoms. The molecule has 0 atom stereocenters. The quantitative estimate of drug-likeness (QED) is 0.437. The topological polar surface area (TPSA) is 53.2 Å². The summed E-state index contributed by atoms with van der Waals surface area (Å²) in [4.78, 5) is 11.9. The predicted molar refractivity (Wildman–Crippen MR) is 116 cm³/mol. The summed E-state index contributed by atoms with van der Waals surface area (Å²) in [6, 6.07) is 27.2. The Kier molecular flexibility index (Phi) is 6.33. The maximum atomic E-state index is 11.9. The third-order valence-electron chi connectivity index (χ3n) is 3.67. The zero-order chi connectivity index (χ0) is 18.9. The van der Waals surface area contributed by atoms with Crippen molar-refractivity contribution in [1.29, 1.82) is 0 Å². The number of nitrogens with one attached hydrogen (secondary N) is 3. The van der Waals surface area contributed by atoms with Gasteiger partial charge in [0.05, 0.1) is 0 Å². The SMILES string of the molecule is O=C(/C=C/c1ccccc1)NC(=S)Nc1ccc(Nc2ccccc2)cc1. The number of para-hydroxylation sites is 1. The summed E-state index contributed by atoms with van der Waals surface area (Å²) in [6.45, 7) is 0.